The first-order valence-corrected chi connectivity index (χ1v) is 9.77. The van der Waals surface area contributed by atoms with Crippen molar-refractivity contribution in [3.05, 3.63) is 82.0 Å². The maximum Gasteiger partial charge on any atom is 0.328 e. The number of hydrogen-bond acceptors (Lipinski definition) is 7. The number of aromatic nitrogens is 4. The standard InChI is InChI=1S/C20H19FN4O3S/c1-13(19(27)28-2)25-10-16(7-15-8-22-12-23-9-15)18(26)24-20(25)29-11-14-3-5-17(21)6-4-14/h3-6,8-10,12-13H,7,11H2,1-2H3. The van der Waals surface area contributed by atoms with Crippen molar-refractivity contribution < 1.29 is 13.9 Å². The molecule has 0 radical (unpaired) electrons. The van der Waals surface area contributed by atoms with Crippen LogP contribution in [-0.2, 0) is 21.7 Å². The fourth-order valence-corrected chi connectivity index (χ4v) is 3.65. The summed E-state index contributed by atoms with van der Waals surface area (Å²) < 4.78 is 19.6. The second kappa shape index (κ2) is 9.42. The summed E-state index contributed by atoms with van der Waals surface area (Å²) in [5, 5.41) is 0.380. The van der Waals surface area contributed by atoms with Gasteiger partial charge in [0.15, 0.2) is 5.16 Å². The van der Waals surface area contributed by atoms with E-state index in [2.05, 4.69) is 15.0 Å². The fraction of sp³-hybridized carbons (Fsp3) is 0.250. The molecule has 0 aliphatic carbocycles. The molecule has 9 heteroatoms. The zero-order chi connectivity index (χ0) is 20.8. The topological polar surface area (TPSA) is 87.0 Å². The van der Waals surface area contributed by atoms with Crippen LogP contribution >= 0.6 is 11.8 Å². The van der Waals surface area contributed by atoms with Crippen LogP contribution in [0.4, 0.5) is 4.39 Å². The molecule has 0 spiro atoms. The molecule has 1 atom stereocenters. The Labute approximate surface area is 171 Å². The zero-order valence-electron chi connectivity index (χ0n) is 15.9. The predicted octanol–water partition coefficient (Wildman–Crippen LogP) is 2.79. The maximum absolute atomic E-state index is 13.1. The molecule has 0 aliphatic heterocycles. The second-order valence-electron chi connectivity index (χ2n) is 6.30. The summed E-state index contributed by atoms with van der Waals surface area (Å²) in [7, 11) is 1.31. The number of benzene rings is 1. The highest BCUT2D eigenvalue weighted by Crippen LogP contribution is 2.24. The van der Waals surface area contributed by atoms with E-state index in [0.717, 1.165) is 11.1 Å². The van der Waals surface area contributed by atoms with Gasteiger partial charge in [-0.3, -0.25) is 4.79 Å². The average Bonchev–Trinajstić information content (AvgIpc) is 2.74. The molecule has 1 unspecified atom stereocenters. The van der Waals surface area contributed by atoms with Gasteiger partial charge in [0, 0.05) is 36.3 Å². The van der Waals surface area contributed by atoms with Gasteiger partial charge in [0.05, 0.1) is 7.11 Å². The minimum absolute atomic E-state index is 0.295. The molecule has 0 N–H and O–H groups in total. The van der Waals surface area contributed by atoms with E-state index in [9.17, 15) is 14.0 Å². The third-order valence-corrected chi connectivity index (χ3v) is 5.28. The lowest BCUT2D eigenvalue weighted by atomic mass is 10.1. The minimum Gasteiger partial charge on any atom is -0.467 e. The van der Waals surface area contributed by atoms with E-state index in [1.807, 2.05) is 0 Å². The summed E-state index contributed by atoms with van der Waals surface area (Å²) in [4.78, 5) is 36.8. The molecule has 0 fully saturated rings. The first-order chi connectivity index (χ1) is 14.0. The summed E-state index contributed by atoms with van der Waals surface area (Å²) in [5.74, 6) is -0.303. The van der Waals surface area contributed by atoms with Gasteiger partial charge >= 0.3 is 5.97 Å². The Balaban J connectivity index is 1.93. The Hall–Kier alpha value is -3.07. The number of carbonyl (C=O) groups excluding carboxylic acids is 1. The van der Waals surface area contributed by atoms with Gasteiger partial charge in [-0.15, -0.1) is 0 Å². The van der Waals surface area contributed by atoms with Crippen molar-refractivity contribution in [3.63, 3.8) is 0 Å². The third kappa shape index (κ3) is 5.26. The van der Waals surface area contributed by atoms with Gasteiger partial charge in [-0.2, -0.15) is 4.98 Å². The first-order valence-electron chi connectivity index (χ1n) is 8.79. The van der Waals surface area contributed by atoms with Crippen molar-refractivity contribution >= 4 is 17.7 Å². The lowest BCUT2D eigenvalue weighted by Crippen LogP contribution is -2.25. The van der Waals surface area contributed by atoms with Crippen LogP contribution < -0.4 is 5.56 Å². The van der Waals surface area contributed by atoms with Crippen molar-refractivity contribution in [2.45, 2.75) is 30.3 Å². The molecule has 0 saturated carbocycles. The Bertz CT molecular complexity index is 1040. The molecule has 1 aromatic carbocycles. The van der Waals surface area contributed by atoms with Crippen LogP contribution in [0.3, 0.4) is 0 Å². The number of thioether (sulfide) groups is 1. The number of hydrogen-bond donors (Lipinski definition) is 0. The van der Waals surface area contributed by atoms with Crippen LogP contribution in [0.2, 0.25) is 0 Å². The maximum atomic E-state index is 13.1. The third-order valence-electron chi connectivity index (χ3n) is 4.24. The van der Waals surface area contributed by atoms with Crippen molar-refractivity contribution in [1.82, 2.24) is 19.5 Å². The van der Waals surface area contributed by atoms with Crippen LogP contribution in [0, 0.1) is 5.82 Å². The Kier molecular flexibility index (Phi) is 6.71. The smallest absolute Gasteiger partial charge is 0.328 e. The van der Waals surface area contributed by atoms with Gasteiger partial charge in [-0.05, 0) is 30.2 Å². The van der Waals surface area contributed by atoms with Crippen molar-refractivity contribution in [1.29, 1.82) is 0 Å². The molecular formula is C20H19FN4O3S. The SMILES string of the molecule is COC(=O)C(C)n1cc(Cc2cncnc2)c(=O)nc1SCc1ccc(F)cc1. The molecule has 0 saturated heterocycles. The predicted molar refractivity (Wildman–Crippen MR) is 106 cm³/mol. The molecule has 29 heavy (non-hydrogen) atoms. The molecule has 0 amide bonds. The van der Waals surface area contributed by atoms with E-state index in [-0.39, 0.29) is 11.4 Å². The first kappa shape index (κ1) is 20.7. The summed E-state index contributed by atoms with van der Waals surface area (Å²) in [6.45, 7) is 1.68. The Morgan fingerprint density at radius 2 is 1.90 bits per heavy atom. The molecule has 150 valence electrons. The van der Waals surface area contributed by atoms with Crippen LogP contribution in [0.25, 0.3) is 0 Å². The highest BCUT2D eigenvalue weighted by Gasteiger charge is 2.20. The van der Waals surface area contributed by atoms with Gasteiger partial charge in [-0.1, -0.05) is 23.9 Å². The fourth-order valence-electron chi connectivity index (χ4n) is 2.65. The number of nitrogens with zero attached hydrogens (tertiary/aromatic N) is 4. The number of carbonyl (C=O) groups is 1. The van der Waals surface area contributed by atoms with Gasteiger partial charge in [0.25, 0.3) is 5.56 Å². The van der Waals surface area contributed by atoms with E-state index in [1.54, 1.807) is 42.2 Å². The van der Waals surface area contributed by atoms with E-state index < -0.39 is 12.0 Å². The summed E-state index contributed by atoms with van der Waals surface area (Å²) in [6, 6.07) is 5.41. The average molecular weight is 414 g/mol. The summed E-state index contributed by atoms with van der Waals surface area (Å²) in [6.07, 6.45) is 6.57. The minimum atomic E-state index is -0.672. The van der Waals surface area contributed by atoms with E-state index in [4.69, 9.17) is 4.74 Å². The zero-order valence-corrected chi connectivity index (χ0v) is 16.7. The number of ether oxygens (including phenoxy) is 1. The van der Waals surface area contributed by atoms with Gasteiger partial charge in [-0.25, -0.2) is 19.2 Å². The molecule has 2 aromatic heterocycles. The summed E-state index contributed by atoms with van der Waals surface area (Å²) in [5.41, 5.74) is 1.66. The number of rotatable bonds is 7. The van der Waals surface area contributed by atoms with Gasteiger partial charge in [0.2, 0.25) is 0 Å². The normalized spacial score (nSPS) is 11.8. The monoisotopic (exact) mass is 414 g/mol. The number of halogens is 1. The molecule has 3 aromatic rings. The van der Waals surface area contributed by atoms with Gasteiger partial charge in [0.1, 0.15) is 18.2 Å². The quantitative estimate of drug-likeness (QED) is 0.334. The van der Waals surface area contributed by atoms with E-state index >= 15 is 0 Å². The van der Waals surface area contributed by atoms with Crippen LogP contribution in [-0.4, -0.2) is 32.6 Å². The molecule has 3 rings (SSSR count). The molecule has 0 bridgehead atoms. The molecule has 7 nitrogen and oxygen atoms in total. The lowest BCUT2D eigenvalue weighted by Gasteiger charge is -2.18. The number of esters is 1. The molecule has 2 heterocycles. The molecular weight excluding hydrogens is 395 g/mol. The highest BCUT2D eigenvalue weighted by atomic mass is 32.2. The van der Waals surface area contributed by atoms with Crippen molar-refractivity contribution in [2.75, 3.05) is 7.11 Å². The largest absolute Gasteiger partial charge is 0.467 e. The van der Waals surface area contributed by atoms with Gasteiger partial charge < -0.3 is 9.30 Å². The Morgan fingerprint density at radius 3 is 2.55 bits per heavy atom. The van der Waals surface area contributed by atoms with Crippen LogP contribution in [0.5, 0.6) is 0 Å². The van der Waals surface area contributed by atoms with E-state index in [1.165, 1.54) is 37.3 Å². The lowest BCUT2D eigenvalue weighted by molar-refractivity contribution is -0.144. The van der Waals surface area contributed by atoms with Crippen molar-refractivity contribution in [2.24, 2.45) is 0 Å². The van der Waals surface area contributed by atoms with E-state index in [0.29, 0.717) is 22.9 Å². The van der Waals surface area contributed by atoms with Crippen molar-refractivity contribution in [3.8, 4) is 0 Å². The highest BCUT2D eigenvalue weighted by molar-refractivity contribution is 7.98. The number of methoxy groups -OCH3 is 1. The Morgan fingerprint density at radius 1 is 1.21 bits per heavy atom. The molecule has 0 aliphatic rings. The summed E-state index contributed by atoms with van der Waals surface area (Å²) >= 11 is 1.29. The van der Waals surface area contributed by atoms with Crippen LogP contribution in [0.1, 0.15) is 29.7 Å². The second-order valence-corrected chi connectivity index (χ2v) is 7.24. The van der Waals surface area contributed by atoms with Crippen LogP contribution in [0.15, 0.2) is 59.1 Å².